The van der Waals surface area contributed by atoms with Crippen LogP contribution >= 0.6 is 0 Å². The molecule has 1 aliphatic heterocycles. The molecule has 5 nitrogen and oxygen atoms in total. The minimum atomic E-state index is -3.03. The number of amides is 2. The highest BCUT2D eigenvalue weighted by Gasteiger charge is 2.28. The lowest BCUT2D eigenvalue weighted by molar-refractivity contribution is 0.195. The van der Waals surface area contributed by atoms with E-state index in [-0.39, 0.29) is 23.5 Å². The average Bonchev–Trinajstić information content (AvgIpc) is 2.85. The van der Waals surface area contributed by atoms with Gasteiger partial charge in [0.1, 0.15) is 0 Å². The van der Waals surface area contributed by atoms with E-state index in [2.05, 4.69) is 23.5 Å². The summed E-state index contributed by atoms with van der Waals surface area (Å²) in [4.78, 5) is 14.0. The van der Waals surface area contributed by atoms with E-state index in [0.29, 0.717) is 25.6 Å². The molecule has 1 fully saturated rings. The predicted octanol–water partition coefficient (Wildman–Crippen LogP) is 1.79. The molecule has 2 aliphatic rings. The Labute approximate surface area is 138 Å². The van der Waals surface area contributed by atoms with Crippen molar-refractivity contribution in [2.24, 2.45) is 5.92 Å². The highest BCUT2D eigenvalue weighted by molar-refractivity contribution is 7.91. The van der Waals surface area contributed by atoms with Gasteiger partial charge in [-0.1, -0.05) is 31.2 Å². The van der Waals surface area contributed by atoms with Gasteiger partial charge in [-0.3, -0.25) is 0 Å². The molecule has 0 aromatic heterocycles. The molecule has 2 atom stereocenters. The Kier molecular flexibility index (Phi) is 4.62. The van der Waals surface area contributed by atoms with Gasteiger partial charge in [-0.05, 0) is 29.9 Å². The first-order valence-electron chi connectivity index (χ1n) is 8.25. The van der Waals surface area contributed by atoms with Crippen molar-refractivity contribution < 1.29 is 13.2 Å². The number of hydrogen-bond acceptors (Lipinski definition) is 3. The number of fused-ring (bicyclic) bond motifs is 1. The molecule has 1 saturated heterocycles. The molecule has 0 radical (unpaired) electrons. The molecule has 2 amide bonds. The molecule has 1 aromatic rings. The largest absolute Gasteiger partial charge is 0.337 e. The zero-order valence-corrected chi connectivity index (χ0v) is 14.3. The molecule has 0 saturated carbocycles. The van der Waals surface area contributed by atoms with Crippen LogP contribution in [0.5, 0.6) is 0 Å². The average molecular weight is 336 g/mol. The number of nitrogens with zero attached hydrogens (tertiary/aromatic N) is 1. The summed E-state index contributed by atoms with van der Waals surface area (Å²) in [7, 11) is -3.03. The molecular weight excluding hydrogens is 312 g/mol. The molecular formula is C17H24N2O3S. The first kappa shape index (κ1) is 16.3. The van der Waals surface area contributed by atoms with E-state index in [0.717, 1.165) is 12.8 Å². The summed E-state index contributed by atoms with van der Waals surface area (Å²) in [6, 6.07) is 8.25. The Bertz CT molecular complexity index is 687. The SMILES string of the molecule is C[C@H]1CN(C(=O)NC[C@H]2CCc3ccccc32)CCS(=O)(=O)C1. The van der Waals surface area contributed by atoms with Gasteiger partial charge >= 0.3 is 6.03 Å². The van der Waals surface area contributed by atoms with E-state index in [4.69, 9.17) is 0 Å². The molecule has 6 heteroatoms. The summed E-state index contributed by atoms with van der Waals surface area (Å²) in [5.74, 6) is 0.591. The summed E-state index contributed by atoms with van der Waals surface area (Å²) in [5, 5.41) is 3.00. The van der Waals surface area contributed by atoms with Gasteiger partial charge in [0.25, 0.3) is 0 Å². The summed E-state index contributed by atoms with van der Waals surface area (Å²) in [6.07, 6.45) is 2.13. The van der Waals surface area contributed by atoms with Crippen molar-refractivity contribution in [3.63, 3.8) is 0 Å². The molecule has 1 heterocycles. The Morgan fingerprint density at radius 2 is 2.13 bits per heavy atom. The number of aryl methyl sites for hydroxylation is 1. The summed E-state index contributed by atoms with van der Waals surface area (Å²) >= 11 is 0. The number of benzene rings is 1. The van der Waals surface area contributed by atoms with E-state index in [1.54, 1.807) is 4.90 Å². The zero-order chi connectivity index (χ0) is 16.4. The Morgan fingerprint density at radius 3 is 2.96 bits per heavy atom. The van der Waals surface area contributed by atoms with Crippen LogP contribution in [-0.4, -0.2) is 50.5 Å². The number of hydrogen-bond donors (Lipinski definition) is 1. The fraction of sp³-hybridized carbons (Fsp3) is 0.588. The third-order valence-electron chi connectivity index (χ3n) is 4.79. The number of sulfone groups is 1. The maximum atomic E-state index is 12.4. The van der Waals surface area contributed by atoms with Crippen LogP contribution in [0.25, 0.3) is 0 Å². The number of carbonyl (C=O) groups is 1. The fourth-order valence-electron chi connectivity index (χ4n) is 3.65. The van der Waals surface area contributed by atoms with Crippen molar-refractivity contribution in [2.45, 2.75) is 25.7 Å². The Balaban J connectivity index is 1.58. The molecule has 1 N–H and O–H groups in total. The van der Waals surface area contributed by atoms with Gasteiger partial charge in [0.2, 0.25) is 0 Å². The second-order valence-electron chi connectivity index (χ2n) is 6.79. The van der Waals surface area contributed by atoms with Gasteiger partial charge in [0.15, 0.2) is 9.84 Å². The van der Waals surface area contributed by atoms with Crippen LogP contribution < -0.4 is 5.32 Å². The number of nitrogens with one attached hydrogen (secondary N) is 1. The lowest BCUT2D eigenvalue weighted by Gasteiger charge is -2.23. The number of rotatable bonds is 2. The monoisotopic (exact) mass is 336 g/mol. The summed E-state index contributed by atoms with van der Waals surface area (Å²) in [6.45, 7) is 3.30. The van der Waals surface area contributed by atoms with Crippen LogP contribution in [0, 0.1) is 5.92 Å². The van der Waals surface area contributed by atoms with Crippen LogP contribution in [0.2, 0.25) is 0 Å². The minimum absolute atomic E-state index is 0.0135. The second-order valence-corrected chi connectivity index (χ2v) is 9.01. The lowest BCUT2D eigenvalue weighted by Crippen LogP contribution is -2.43. The molecule has 0 unspecified atom stereocenters. The van der Waals surface area contributed by atoms with Crippen molar-refractivity contribution in [2.75, 3.05) is 31.1 Å². The first-order valence-corrected chi connectivity index (χ1v) is 10.1. The van der Waals surface area contributed by atoms with Gasteiger partial charge in [0.05, 0.1) is 11.5 Å². The topological polar surface area (TPSA) is 66.5 Å². The molecule has 126 valence electrons. The smallest absolute Gasteiger partial charge is 0.317 e. The quantitative estimate of drug-likeness (QED) is 0.895. The fourth-order valence-corrected chi connectivity index (χ4v) is 5.29. The van der Waals surface area contributed by atoms with Crippen LogP contribution in [0.15, 0.2) is 24.3 Å². The van der Waals surface area contributed by atoms with Crippen molar-refractivity contribution in [1.82, 2.24) is 10.2 Å². The molecule has 0 spiro atoms. The van der Waals surface area contributed by atoms with Gasteiger partial charge in [-0.15, -0.1) is 0 Å². The first-order chi connectivity index (χ1) is 10.9. The standard InChI is InChI=1S/C17H24N2O3S/c1-13-11-19(8-9-23(21,22)12-13)17(20)18-10-15-7-6-14-4-2-3-5-16(14)15/h2-5,13,15H,6-12H2,1H3,(H,18,20)/t13-,15+/m0/s1. The molecule has 3 rings (SSSR count). The van der Waals surface area contributed by atoms with Crippen molar-refractivity contribution in [3.05, 3.63) is 35.4 Å². The number of carbonyl (C=O) groups excluding carboxylic acids is 1. The molecule has 1 aromatic carbocycles. The van der Waals surface area contributed by atoms with Crippen molar-refractivity contribution >= 4 is 15.9 Å². The maximum Gasteiger partial charge on any atom is 0.317 e. The highest BCUT2D eigenvalue weighted by Crippen LogP contribution is 2.32. The normalized spacial score (nSPS) is 26.4. The Morgan fingerprint density at radius 1 is 1.35 bits per heavy atom. The summed E-state index contributed by atoms with van der Waals surface area (Å²) in [5.41, 5.74) is 2.71. The van der Waals surface area contributed by atoms with Crippen molar-refractivity contribution in [3.8, 4) is 0 Å². The van der Waals surface area contributed by atoms with Crippen LogP contribution in [0.4, 0.5) is 4.79 Å². The van der Waals surface area contributed by atoms with E-state index in [1.165, 1.54) is 11.1 Å². The second kappa shape index (κ2) is 6.51. The lowest BCUT2D eigenvalue weighted by atomic mass is 10.0. The molecule has 1 aliphatic carbocycles. The minimum Gasteiger partial charge on any atom is -0.337 e. The predicted molar refractivity (Wildman–Crippen MR) is 90.3 cm³/mol. The maximum absolute atomic E-state index is 12.4. The van der Waals surface area contributed by atoms with E-state index in [9.17, 15) is 13.2 Å². The van der Waals surface area contributed by atoms with E-state index in [1.807, 2.05) is 13.0 Å². The van der Waals surface area contributed by atoms with Gasteiger partial charge in [0, 0.05) is 25.6 Å². The molecule has 0 bridgehead atoms. The van der Waals surface area contributed by atoms with Gasteiger partial charge < -0.3 is 10.2 Å². The highest BCUT2D eigenvalue weighted by atomic mass is 32.2. The van der Waals surface area contributed by atoms with Crippen molar-refractivity contribution in [1.29, 1.82) is 0 Å². The van der Waals surface area contributed by atoms with Crippen LogP contribution in [0.1, 0.15) is 30.4 Å². The van der Waals surface area contributed by atoms with E-state index < -0.39 is 9.84 Å². The van der Waals surface area contributed by atoms with E-state index >= 15 is 0 Å². The van der Waals surface area contributed by atoms with Crippen LogP contribution in [0.3, 0.4) is 0 Å². The van der Waals surface area contributed by atoms with Gasteiger partial charge in [-0.2, -0.15) is 0 Å². The Hall–Kier alpha value is -1.56. The summed E-state index contributed by atoms with van der Waals surface area (Å²) < 4.78 is 23.6. The third-order valence-corrected chi connectivity index (χ3v) is 6.67. The molecule has 23 heavy (non-hydrogen) atoms. The number of urea groups is 1. The third kappa shape index (κ3) is 3.86. The zero-order valence-electron chi connectivity index (χ0n) is 13.5. The van der Waals surface area contributed by atoms with Crippen LogP contribution in [-0.2, 0) is 16.3 Å². The van der Waals surface area contributed by atoms with Gasteiger partial charge in [-0.25, -0.2) is 13.2 Å².